The third kappa shape index (κ3) is 62.3. The molecule has 1 unspecified atom stereocenters. The summed E-state index contributed by atoms with van der Waals surface area (Å²) in [6, 6.07) is 0. The minimum absolute atomic E-state index is 0.105. The monoisotopic (exact) mass is 1060 g/mol. The molecular weight excluding hydrogens is 949 g/mol. The van der Waals surface area contributed by atoms with Crippen molar-refractivity contribution in [3.8, 4) is 0 Å². The van der Waals surface area contributed by atoms with Crippen LogP contribution in [0.15, 0.2) is 134 Å². The van der Waals surface area contributed by atoms with Gasteiger partial charge in [-0.15, -0.1) is 0 Å². The molecule has 0 aliphatic heterocycles. The van der Waals surface area contributed by atoms with E-state index in [-0.39, 0.29) is 37.5 Å². The van der Waals surface area contributed by atoms with Crippen LogP contribution in [0.1, 0.15) is 278 Å². The fourth-order valence-corrected chi connectivity index (χ4v) is 8.42. The Morgan fingerprint density at radius 3 is 0.896 bits per heavy atom. The van der Waals surface area contributed by atoms with Gasteiger partial charge < -0.3 is 14.2 Å². The van der Waals surface area contributed by atoms with Gasteiger partial charge in [-0.3, -0.25) is 14.4 Å². The molecule has 0 saturated carbocycles. The van der Waals surface area contributed by atoms with Crippen molar-refractivity contribution in [1.82, 2.24) is 0 Å². The van der Waals surface area contributed by atoms with Gasteiger partial charge in [-0.2, -0.15) is 0 Å². The van der Waals surface area contributed by atoms with Crippen LogP contribution in [0.4, 0.5) is 0 Å². The van der Waals surface area contributed by atoms with Crippen LogP contribution in [-0.4, -0.2) is 37.2 Å². The summed E-state index contributed by atoms with van der Waals surface area (Å²) in [6.07, 6.45) is 90.3. The second-order valence-electron chi connectivity index (χ2n) is 20.6. The largest absolute Gasteiger partial charge is 0.462 e. The summed E-state index contributed by atoms with van der Waals surface area (Å²) in [4.78, 5) is 38.2. The SMILES string of the molecule is CC/C=C\C/C=C\C/C=C\C/C=C\C/C=C\C/C=C\C/C=C\C/C=C\C/C=C\CCCC(=O)OCC(COC(=O)CCCCCCC/C=C\C/C=C\CCC)OC(=O)CCCCCCCCCCCCCCCCCCC. The summed E-state index contributed by atoms with van der Waals surface area (Å²) in [5.41, 5.74) is 0. The molecule has 0 N–H and O–H groups in total. The number of carbonyl (C=O) groups excluding carboxylic acids is 3. The molecule has 0 fully saturated rings. The molecule has 0 aliphatic carbocycles. The smallest absolute Gasteiger partial charge is 0.306 e. The van der Waals surface area contributed by atoms with E-state index >= 15 is 0 Å². The van der Waals surface area contributed by atoms with E-state index in [9.17, 15) is 14.4 Å². The van der Waals surface area contributed by atoms with E-state index in [0.717, 1.165) is 135 Å². The molecule has 1 atom stereocenters. The molecule has 0 saturated heterocycles. The summed E-state index contributed by atoms with van der Waals surface area (Å²) in [5, 5.41) is 0. The van der Waals surface area contributed by atoms with Gasteiger partial charge in [0.15, 0.2) is 6.10 Å². The molecule has 436 valence electrons. The van der Waals surface area contributed by atoms with Crippen LogP contribution < -0.4 is 0 Å². The summed E-state index contributed by atoms with van der Waals surface area (Å²) in [5.74, 6) is -0.976. The molecule has 6 heteroatoms. The van der Waals surface area contributed by atoms with Gasteiger partial charge in [-0.05, 0) is 109 Å². The lowest BCUT2D eigenvalue weighted by atomic mass is 10.0. The van der Waals surface area contributed by atoms with E-state index in [1.807, 2.05) is 0 Å². The lowest BCUT2D eigenvalue weighted by Crippen LogP contribution is -2.30. The summed E-state index contributed by atoms with van der Waals surface area (Å²) in [6.45, 7) is 6.41. The molecule has 0 aromatic carbocycles. The van der Waals surface area contributed by atoms with Crippen molar-refractivity contribution in [3.05, 3.63) is 134 Å². The molecule has 0 rings (SSSR count). The van der Waals surface area contributed by atoms with Gasteiger partial charge in [0.05, 0.1) is 0 Å². The molecule has 6 nitrogen and oxygen atoms in total. The Bertz CT molecular complexity index is 1650. The highest BCUT2D eigenvalue weighted by molar-refractivity contribution is 5.71. The van der Waals surface area contributed by atoms with Crippen molar-refractivity contribution >= 4 is 17.9 Å². The van der Waals surface area contributed by atoms with Crippen LogP contribution in [0, 0.1) is 0 Å². The Kier molecular flexibility index (Phi) is 60.4. The van der Waals surface area contributed by atoms with Gasteiger partial charge in [0, 0.05) is 19.3 Å². The Labute approximate surface area is 475 Å². The van der Waals surface area contributed by atoms with Crippen molar-refractivity contribution in [3.63, 3.8) is 0 Å². The van der Waals surface area contributed by atoms with Crippen molar-refractivity contribution in [1.29, 1.82) is 0 Å². The number of unbranched alkanes of at least 4 members (excludes halogenated alkanes) is 23. The zero-order chi connectivity index (χ0) is 55.7. The van der Waals surface area contributed by atoms with Crippen LogP contribution in [-0.2, 0) is 28.6 Å². The topological polar surface area (TPSA) is 78.9 Å². The Hall–Kier alpha value is -4.45. The number of esters is 3. The van der Waals surface area contributed by atoms with Gasteiger partial charge in [0.25, 0.3) is 0 Å². The van der Waals surface area contributed by atoms with Crippen molar-refractivity contribution in [2.24, 2.45) is 0 Å². The first-order valence-corrected chi connectivity index (χ1v) is 31.7. The second kappa shape index (κ2) is 64.1. The van der Waals surface area contributed by atoms with Crippen LogP contribution in [0.25, 0.3) is 0 Å². The van der Waals surface area contributed by atoms with Crippen LogP contribution in [0.2, 0.25) is 0 Å². The molecule has 0 heterocycles. The number of carbonyl (C=O) groups is 3. The summed E-state index contributed by atoms with van der Waals surface area (Å²) in [7, 11) is 0. The molecule has 77 heavy (non-hydrogen) atoms. The molecule has 0 aliphatic rings. The number of ether oxygens (including phenoxy) is 3. The molecule has 0 spiro atoms. The highest BCUT2D eigenvalue weighted by Crippen LogP contribution is 2.16. The fourth-order valence-electron chi connectivity index (χ4n) is 8.42. The van der Waals surface area contributed by atoms with E-state index in [1.165, 1.54) is 96.3 Å². The van der Waals surface area contributed by atoms with Crippen LogP contribution in [0.5, 0.6) is 0 Å². The molecule has 0 aromatic rings. The molecule has 0 radical (unpaired) electrons. The fraction of sp³-hybridized carbons (Fsp3) is 0.648. The number of hydrogen-bond acceptors (Lipinski definition) is 6. The van der Waals surface area contributed by atoms with E-state index in [1.54, 1.807) is 0 Å². The van der Waals surface area contributed by atoms with Gasteiger partial charge in [-0.1, -0.05) is 283 Å². The lowest BCUT2D eigenvalue weighted by Gasteiger charge is -2.18. The quantitative estimate of drug-likeness (QED) is 0.0261. The van der Waals surface area contributed by atoms with Gasteiger partial charge in [0.2, 0.25) is 0 Å². The highest BCUT2D eigenvalue weighted by atomic mass is 16.6. The maximum absolute atomic E-state index is 12.9. The number of hydrogen-bond donors (Lipinski definition) is 0. The predicted octanol–water partition coefficient (Wildman–Crippen LogP) is 21.8. The minimum atomic E-state index is -0.811. The van der Waals surface area contributed by atoms with Gasteiger partial charge >= 0.3 is 17.9 Å². The lowest BCUT2D eigenvalue weighted by molar-refractivity contribution is -0.167. The third-order valence-corrected chi connectivity index (χ3v) is 13.1. The number of rotatable bonds is 56. The molecule has 0 aromatic heterocycles. The Morgan fingerprint density at radius 2 is 0.545 bits per heavy atom. The Balaban J connectivity index is 4.43. The Morgan fingerprint density at radius 1 is 0.273 bits per heavy atom. The highest BCUT2D eigenvalue weighted by Gasteiger charge is 2.19. The molecular formula is C71H116O6. The van der Waals surface area contributed by atoms with Crippen molar-refractivity contribution in [2.45, 2.75) is 284 Å². The normalized spacial score (nSPS) is 13.0. The van der Waals surface area contributed by atoms with E-state index in [2.05, 4.69) is 154 Å². The van der Waals surface area contributed by atoms with Crippen molar-refractivity contribution < 1.29 is 28.6 Å². The maximum Gasteiger partial charge on any atom is 0.306 e. The third-order valence-electron chi connectivity index (χ3n) is 13.1. The second-order valence-corrected chi connectivity index (χ2v) is 20.6. The predicted molar refractivity (Wildman–Crippen MR) is 334 cm³/mol. The van der Waals surface area contributed by atoms with Crippen LogP contribution >= 0.6 is 0 Å². The van der Waals surface area contributed by atoms with E-state index in [0.29, 0.717) is 19.3 Å². The first kappa shape index (κ1) is 72.5. The average molecular weight is 1070 g/mol. The first-order chi connectivity index (χ1) is 38.0. The van der Waals surface area contributed by atoms with Gasteiger partial charge in [-0.25, -0.2) is 0 Å². The summed E-state index contributed by atoms with van der Waals surface area (Å²) >= 11 is 0. The average Bonchev–Trinajstić information content (AvgIpc) is 3.43. The molecule has 0 bridgehead atoms. The molecule has 0 amide bonds. The maximum atomic E-state index is 12.9. The van der Waals surface area contributed by atoms with Crippen LogP contribution in [0.3, 0.4) is 0 Å². The first-order valence-electron chi connectivity index (χ1n) is 31.7. The number of allylic oxidation sites excluding steroid dienone is 22. The zero-order valence-corrected chi connectivity index (χ0v) is 49.9. The minimum Gasteiger partial charge on any atom is -0.462 e. The van der Waals surface area contributed by atoms with E-state index < -0.39 is 6.10 Å². The van der Waals surface area contributed by atoms with Gasteiger partial charge in [0.1, 0.15) is 13.2 Å². The van der Waals surface area contributed by atoms with E-state index in [4.69, 9.17) is 14.2 Å². The standard InChI is InChI=1S/C71H116O6/c1-4-7-10-13-16-19-22-25-27-29-30-31-32-33-34-35-36-37-38-39-40-42-43-46-49-52-55-58-61-64-70(73)76-67-68(66-75-69(72)63-60-57-54-51-48-45-24-21-18-15-12-9-6-3)77-71(74)65-62-59-56-53-50-47-44-41-28-26-23-20-17-14-11-8-5-2/h7,10,12,15-16,19,21,24-25,27,30-31,33-34,36-37,39-40,43,46,52,55,68H,4-6,8-9,11,13-14,17-18,20,22-23,26,28-29,32,35,38,41-42,44-45,47-51,53-54,56-67H2,1-3H3/b10-7-,15-12-,19-16-,24-21-,27-25-,31-30-,34-33-,37-36-,40-39-,46-43-,55-52-. The zero-order valence-electron chi connectivity index (χ0n) is 49.9. The van der Waals surface area contributed by atoms with Crippen molar-refractivity contribution in [2.75, 3.05) is 13.2 Å². The summed E-state index contributed by atoms with van der Waals surface area (Å²) < 4.78 is 16.8.